The van der Waals surface area contributed by atoms with Gasteiger partial charge in [-0.1, -0.05) is 41.4 Å². The zero-order chi connectivity index (χ0) is 18.1. The lowest BCUT2D eigenvalue weighted by molar-refractivity contribution is 0.0726. The second-order valence-corrected chi connectivity index (χ2v) is 7.39. The lowest BCUT2D eigenvalue weighted by atomic mass is 10.0. The van der Waals surface area contributed by atoms with Crippen LogP contribution < -0.4 is 0 Å². The van der Waals surface area contributed by atoms with Crippen LogP contribution in [0.4, 0.5) is 0 Å². The minimum absolute atomic E-state index is 0.0645. The van der Waals surface area contributed by atoms with E-state index >= 15 is 0 Å². The van der Waals surface area contributed by atoms with E-state index in [0.717, 1.165) is 42.4 Å². The van der Waals surface area contributed by atoms with Gasteiger partial charge in [0.25, 0.3) is 5.91 Å². The van der Waals surface area contributed by atoms with Crippen LogP contribution in [0.3, 0.4) is 0 Å². The topological polar surface area (TPSA) is 33.2 Å². The van der Waals surface area contributed by atoms with Gasteiger partial charge < -0.3 is 4.90 Å². The first kappa shape index (κ1) is 17.3. The molecule has 0 saturated carbocycles. The zero-order valence-electron chi connectivity index (χ0n) is 14.2. The smallest absolute Gasteiger partial charge is 0.254 e. The third-order valence-electron chi connectivity index (χ3n) is 4.80. The van der Waals surface area contributed by atoms with E-state index in [4.69, 9.17) is 28.2 Å². The van der Waals surface area contributed by atoms with Gasteiger partial charge in [0.15, 0.2) is 0 Å². The molecule has 0 spiro atoms. The average molecular weight is 385 g/mol. The van der Waals surface area contributed by atoms with Crippen molar-refractivity contribution in [1.29, 1.82) is 0 Å². The average Bonchev–Trinajstić information content (AvgIpc) is 2.67. The van der Waals surface area contributed by atoms with Crippen molar-refractivity contribution in [3.8, 4) is 11.3 Å². The number of hydrogen-bond donors (Lipinski definition) is 0. The number of amides is 1. The highest BCUT2D eigenvalue weighted by Crippen LogP contribution is 2.32. The van der Waals surface area contributed by atoms with E-state index in [1.165, 1.54) is 6.42 Å². The number of carbonyl (C=O) groups is 1. The minimum atomic E-state index is 0.0645. The normalized spacial score (nSPS) is 14.6. The van der Waals surface area contributed by atoms with E-state index < -0.39 is 0 Å². The summed E-state index contributed by atoms with van der Waals surface area (Å²) in [6.45, 7) is 1.62. The molecule has 1 aliphatic heterocycles. The van der Waals surface area contributed by atoms with Gasteiger partial charge in [-0.25, -0.2) is 4.98 Å². The Kier molecular flexibility index (Phi) is 4.84. The molecule has 132 valence electrons. The Morgan fingerprint density at radius 2 is 1.73 bits per heavy atom. The predicted molar refractivity (Wildman–Crippen MR) is 107 cm³/mol. The number of pyridine rings is 1. The molecular weight excluding hydrogens is 367 g/mol. The molecule has 2 heterocycles. The van der Waals surface area contributed by atoms with Crippen LogP contribution in [-0.2, 0) is 0 Å². The number of rotatable bonds is 2. The Balaban J connectivity index is 1.87. The van der Waals surface area contributed by atoms with Crippen LogP contribution in [0.1, 0.15) is 29.6 Å². The molecule has 1 fully saturated rings. The number of nitrogens with zero attached hydrogens (tertiary/aromatic N) is 2. The van der Waals surface area contributed by atoms with Crippen molar-refractivity contribution in [2.45, 2.75) is 19.3 Å². The van der Waals surface area contributed by atoms with Crippen molar-refractivity contribution in [2.75, 3.05) is 13.1 Å². The fourth-order valence-electron chi connectivity index (χ4n) is 3.45. The molecular formula is C21H18Cl2N2O. The highest BCUT2D eigenvalue weighted by atomic mass is 35.5. The van der Waals surface area contributed by atoms with E-state index in [0.29, 0.717) is 21.3 Å². The van der Waals surface area contributed by atoms with Crippen molar-refractivity contribution in [3.05, 3.63) is 64.1 Å². The molecule has 4 rings (SSSR count). The Bertz CT molecular complexity index is 981. The number of hydrogen-bond acceptors (Lipinski definition) is 2. The summed E-state index contributed by atoms with van der Waals surface area (Å²) in [5.74, 6) is 0.0645. The van der Waals surface area contributed by atoms with Crippen LogP contribution in [0.15, 0.2) is 48.5 Å². The van der Waals surface area contributed by atoms with Crippen molar-refractivity contribution in [1.82, 2.24) is 9.88 Å². The Morgan fingerprint density at radius 3 is 2.50 bits per heavy atom. The first-order valence-corrected chi connectivity index (χ1v) is 9.53. The summed E-state index contributed by atoms with van der Waals surface area (Å²) in [6, 6.07) is 14.9. The Labute approximate surface area is 162 Å². The summed E-state index contributed by atoms with van der Waals surface area (Å²) in [4.78, 5) is 19.8. The fraction of sp³-hybridized carbons (Fsp3) is 0.238. The van der Waals surface area contributed by atoms with E-state index in [1.807, 2.05) is 41.3 Å². The monoisotopic (exact) mass is 384 g/mol. The van der Waals surface area contributed by atoms with Crippen LogP contribution in [-0.4, -0.2) is 28.9 Å². The van der Waals surface area contributed by atoms with Crippen molar-refractivity contribution >= 4 is 40.0 Å². The number of benzene rings is 2. The molecule has 0 unspecified atom stereocenters. The van der Waals surface area contributed by atoms with Crippen LogP contribution in [0.2, 0.25) is 10.0 Å². The lowest BCUT2D eigenvalue weighted by Crippen LogP contribution is -2.35. The molecule has 0 N–H and O–H groups in total. The molecule has 0 aliphatic carbocycles. The van der Waals surface area contributed by atoms with Gasteiger partial charge in [0, 0.05) is 29.1 Å². The van der Waals surface area contributed by atoms with Gasteiger partial charge >= 0.3 is 0 Å². The molecule has 5 heteroatoms. The molecule has 1 aliphatic rings. The molecule has 0 radical (unpaired) electrons. The largest absolute Gasteiger partial charge is 0.339 e. The summed E-state index contributed by atoms with van der Waals surface area (Å²) in [6.07, 6.45) is 3.31. The molecule has 26 heavy (non-hydrogen) atoms. The number of piperidine rings is 1. The SMILES string of the molecule is O=C(c1cc(-c2ccc(Cl)cc2Cl)nc2ccccc12)N1CCCCC1. The molecule has 1 saturated heterocycles. The van der Waals surface area contributed by atoms with Gasteiger partial charge in [-0.3, -0.25) is 4.79 Å². The van der Waals surface area contributed by atoms with E-state index in [2.05, 4.69) is 0 Å². The molecule has 1 amide bonds. The number of carbonyl (C=O) groups excluding carboxylic acids is 1. The fourth-order valence-corrected chi connectivity index (χ4v) is 3.96. The first-order chi connectivity index (χ1) is 12.6. The lowest BCUT2D eigenvalue weighted by Gasteiger charge is -2.27. The zero-order valence-corrected chi connectivity index (χ0v) is 15.7. The standard InChI is InChI=1S/C21H18Cl2N2O/c22-14-8-9-16(18(23)12-14)20-13-17(15-6-2-3-7-19(15)24-20)21(26)25-10-4-1-5-11-25/h2-3,6-9,12-13H,1,4-5,10-11H2. The summed E-state index contributed by atoms with van der Waals surface area (Å²) < 4.78 is 0. The summed E-state index contributed by atoms with van der Waals surface area (Å²) in [5.41, 5.74) is 2.93. The number of aromatic nitrogens is 1. The maximum Gasteiger partial charge on any atom is 0.254 e. The summed E-state index contributed by atoms with van der Waals surface area (Å²) >= 11 is 12.4. The van der Waals surface area contributed by atoms with Crippen LogP contribution in [0.25, 0.3) is 22.2 Å². The maximum absolute atomic E-state index is 13.2. The number of fused-ring (bicyclic) bond motifs is 1. The van der Waals surface area contributed by atoms with Crippen molar-refractivity contribution < 1.29 is 4.79 Å². The number of para-hydroxylation sites is 1. The first-order valence-electron chi connectivity index (χ1n) is 8.78. The number of halogens is 2. The van der Waals surface area contributed by atoms with Gasteiger partial charge in [-0.2, -0.15) is 0 Å². The second-order valence-electron chi connectivity index (χ2n) is 6.55. The summed E-state index contributed by atoms with van der Waals surface area (Å²) in [7, 11) is 0. The van der Waals surface area contributed by atoms with E-state index in [-0.39, 0.29) is 5.91 Å². The van der Waals surface area contributed by atoms with Gasteiger partial charge in [0.2, 0.25) is 0 Å². The molecule has 1 aromatic heterocycles. The minimum Gasteiger partial charge on any atom is -0.339 e. The van der Waals surface area contributed by atoms with Crippen molar-refractivity contribution in [2.24, 2.45) is 0 Å². The maximum atomic E-state index is 13.2. The highest BCUT2D eigenvalue weighted by molar-refractivity contribution is 6.36. The summed E-state index contributed by atoms with van der Waals surface area (Å²) in [5, 5.41) is 1.97. The third-order valence-corrected chi connectivity index (χ3v) is 5.34. The molecule has 3 aromatic rings. The van der Waals surface area contributed by atoms with Gasteiger partial charge in [0.05, 0.1) is 21.8 Å². The second kappa shape index (κ2) is 7.26. The molecule has 0 atom stereocenters. The Morgan fingerprint density at radius 1 is 0.962 bits per heavy atom. The van der Waals surface area contributed by atoms with Gasteiger partial charge in [-0.15, -0.1) is 0 Å². The van der Waals surface area contributed by atoms with E-state index in [9.17, 15) is 4.79 Å². The van der Waals surface area contributed by atoms with E-state index in [1.54, 1.807) is 12.1 Å². The third kappa shape index (κ3) is 3.29. The molecule has 3 nitrogen and oxygen atoms in total. The molecule has 0 bridgehead atoms. The van der Waals surface area contributed by atoms with Gasteiger partial charge in [-0.05, 0) is 49.6 Å². The van der Waals surface area contributed by atoms with Crippen LogP contribution in [0.5, 0.6) is 0 Å². The van der Waals surface area contributed by atoms with Crippen LogP contribution >= 0.6 is 23.2 Å². The highest BCUT2D eigenvalue weighted by Gasteiger charge is 2.22. The quantitative estimate of drug-likeness (QED) is 0.556. The van der Waals surface area contributed by atoms with Crippen LogP contribution in [0, 0.1) is 0 Å². The Hall–Kier alpha value is -2.10. The van der Waals surface area contributed by atoms with Crippen molar-refractivity contribution in [3.63, 3.8) is 0 Å². The van der Waals surface area contributed by atoms with Gasteiger partial charge in [0.1, 0.15) is 0 Å². The number of likely N-dealkylation sites (tertiary alicyclic amines) is 1. The molecule has 2 aromatic carbocycles. The predicted octanol–water partition coefficient (Wildman–Crippen LogP) is 5.83.